The number of anilines is 4. The number of para-hydroxylation sites is 2. The molecule has 54 heavy (non-hydrogen) atoms. The second-order valence-electron chi connectivity index (χ2n) is 13.1. The molecule has 0 aliphatic heterocycles. The molecule has 0 spiro atoms. The molecule has 0 radical (unpaired) electrons. The highest BCUT2D eigenvalue weighted by Crippen LogP contribution is 2.38. The lowest BCUT2D eigenvalue weighted by atomic mass is 10.1. The molecule has 0 unspecified atom stereocenters. The zero-order chi connectivity index (χ0) is 38.2. The SMILES string of the molecule is COc1ccc(COc2c(C=O)cccc2Cn2cc(-c3ccnc(Nc4cc(NC(C)=O)c(N(C)CCN(C)C)cc4OC)n3)c3ccccc32)cc1. The Morgan fingerprint density at radius 3 is 2.43 bits per heavy atom. The van der Waals surface area contributed by atoms with Crippen LogP contribution in [0.1, 0.15) is 28.4 Å². The largest absolute Gasteiger partial charge is 0.497 e. The minimum absolute atomic E-state index is 0.183. The van der Waals surface area contributed by atoms with Gasteiger partial charge in [-0.2, -0.15) is 0 Å². The van der Waals surface area contributed by atoms with Crippen LogP contribution in [0.15, 0.2) is 97.3 Å². The van der Waals surface area contributed by atoms with E-state index in [4.69, 9.17) is 19.2 Å². The van der Waals surface area contributed by atoms with E-state index in [1.807, 2.05) is 87.9 Å². The summed E-state index contributed by atoms with van der Waals surface area (Å²) >= 11 is 0. The van der Waals surface area contributed by atoms with E-state index in [2.05, 4.69) is 48.3 Å². The molecular formula is C42H45N7O5. The van der Waals surface area contributed by atoms with Crippen LogP contribution < -0.4 is 29.7 Å². The number of aldehydes is 1. The first-order valence-corrected chi connectivity index (χ1v) is 17.5. The van der Waals surface area contributed by atoms with Crippen molar-refractivity contribution in [3.63, 3.8) is 0 Å². The van der Waals surface area contributed by atoms with Crippen LogP contribution in [-0.2, 0) is 17.9 Å². The van der Waals surface area contributed by atoms with E-state index in [-0.39, 0.29) is 5.91 Å². The normalized spacial score (nSPS) is 11.0. The van der Waals surface area contributed by atoms with E-state index < -0.39 is 0 Å². The van der Waals surface area contributed by atoms with Crippen LogP contribution in [-0.4, -0.2) is 80.1 Å². The minimum Gasteiger partial charge on any atom is -0.497 e. The fourth-order valence-corrected chi connectivity index (χ4v) is 6.24. The first kappa shape index (κ1) is 37.4. The number of aromatic nitrogens is 3. The molecular weight excluding hydrogens is 683 g/mol. The van der Waals surface area contributed by atoms with Crippen LogP contribution in [0.2, 0.25) is 0 Å². The predicted molar refractivity (Wildman–Crippen MR) is 214 cm³/mol. The van der Waals surface area contributed by atoms with Crippen LogP contribution in [0.4, 0.5) is 23.0 Å². The number of ether oxygens (including phenoxy) is 3. The van der Waals surface area contributed by atoms with Gasteiger partial charge in [0.15, 0.2) is 6.29 Å². The number of benzene rings is 4. The van der Waals surface area contributed by atoms with Crippen LogP contribution in [0.5, 0.6) is 17.2 Å². The molecule has 6 rings (SSSR count). The predicted octanol–water partition coefficient (Wildman–Crippen LogP) is 7.26. The number of nitrogens with zero attached hydrogens (tertiary/aromatic N) is 5. The van der Waals surface area contributed by atoms with Gasteiger partial charge in [-0.25, -0.2) is 9.97 Å². The van der Waals surface area contributed by atoms with Crippen molar-refractivity contribution in [2.45, 2.75) is 20.1 Å². The summed E-state index contributed by atoms with van der Waals surface area (Å²) in [6, 6.07) is 27.0. The Bertz CT molecular complexity index is 2250. The van der Waals surface area contributed by atoms with Gasteiger partial charge < -0.3 is 39.2 Å². The minimum atomic E-state index is -0.183. The number of nitrogens with one attached hydrogen (secondary N) is 2. The van der Waals surface area contributed by atoms with Crippen molar-refractivity contribution < 1.29 is 23.8 Å². The molecule has 0 atom stereocenters. The Morgan fingerprint density at radius 1 is 0.907 bits per heavy atom. The summed E-state index contributed by atoms with van der Waals surface area (Å²) in [5, 5.41) is 7.29. The average molecular weight is 728 g/mol. The molecule has 12 heteroatoms. The van der Waals surface area contributed by atoms with Crippen molar-refractivity contribution in [2.75, 3.05) is 64.0 Å². The molecule has 278 valence electrons. The zero-order valence-electron chi connectivity index (χ0n) is 31.4. The molecule has 0 aliphatic rings. The number of rotatable bonds is 16. The summed E-state index contributed by atoms with van der Waals surface area (Å²) in [5.74, 6) is 2.05. The Labute approximate surface area is 315 Å². The van der Waals surface area contributed by atoms with Crippen LogP contribution in [0, 0.1) is 0 Å². The number of carbonyl (C=O) groups excluding carboxylic acids is 2. The lowest BCUT2D eigenvalue weighted by molar-refractivity contribution is -0.114. The average Bonchev–Trinajstić information content (AvgIpc) is 3.54. The molecule has 0 saturated heterocycles. The third-order valence-electron chi connectivity index (χ3n) is 9.03. The summed E-state index contributed by atoms with van der Waals surface area (Å²) < 4.78 is 19.5. The quantitative estimate of drug-likeness (QED) is 0.0986. The van der Waals surface area contributed by atoms with Gasteiger partial charge in [-0.1, -0.05) is 42.5 Å². The molecule has 2 N–H and O–H groups in total. The zero-order valence-corrected chi connectivity index (χ0v) is 31.4. The highest BCUT2D eigenvalue weighted by Gasteiger charge is 2.19. The summed E-state index contributed by atoms with van der Waals surface area (Å²) in [6.45, 7) is 3.81. The van der Waals surface area contributed by atoms with Gasteiger partial charge in [-0.3, -0.25) is 9.59 Å². The fraction of sp³-hybridized carbons (Fsp3) is 0.238. The first-order chi connectivity index (χ1) is 26.2. The molecule has 0 aliphatic carbocycles. The van der Waals surface area contributed by atoms with Gasteiger partial charge in [0, 0.05) is 67.6 Å². The third kappa shape index (κ3) is 8.62. The van der Waals surface area contributed by atoms with Crippen molar-refractivity contribution >= 4 is 46.1 Å². The van der Waals surface area contributed by atoms with Crippen molar-refractivity contribution in [3.05, 3.63) is 114 Å². The highest BCUT2D eigenvalue weighted by molar-refractivity contribution is 5.96. The van der Waals surface area contributed by atoms with Gasteiger partial charge in [0.25, 0.3) is 0 Å². The van der Waals surface area contributed by atoms with Crippen molar-refractivity contribution in [2.24, 2.45) is 0 Å². The van der Waals surface area contributed by atoms with E-state index in [9.17, 15) is 9.59 Å². The second kappa shape index (κ2) is 17.0. The van der Waals surface area contributed by atoms with Gasteiger partial charge in [0.1, 0.15) is 23.9 Å². The molecule has 4 aromatic carbocycles. The summed E-state index contributed by atoms with van der Waals surface area (Å²) in [7, 11) is 9.26. The first-order valence-electron chi connectivity index (χ1n) is 17.5. The molecule has 12 nitrogen and oxygen atoms in total. The van der Waals surface area contributed by atoms with Gasteiger partial charge in [-0.05, 0) is 56.1 Å². The topological polar surface area (TPSA) is 123 Å². The number of likely N-dealkylation sites (N-methyl/N-ethyl adjacent to an activating group) is 2. The maximum Gasteiger partial charge on any atom is 0.227 e. The monoisotopic (exact) mass is 727 g/mol. The van der Waals surface area contributed by atoms with Gasteiger partial charge in [0.05, 0.1) is 49.1 Å². The smallest absolute Gasteiger partial charge is 0.227 e. The molecule has 6 aromatic rings. The van der Waals surface area contributed by atoms with E-state index in [0.717, 1.165) is 58.4 Å². The highest BCUT2D eigenvalue weighted by atomic mass is 16.5. The van der Waals surface area contributed by atoms with Gasteiger partial charge in [0.2, 0.25) is 11.9 Å². The number of methoxy groups -OCH3 is 2. The lowest BCUT2D eigenvalue weighted by Crippen LogP contribution is -2.29. The van der Waals surface area contributed by atoms with Crippen LogP contribution in [0.3, 0.4) is 0 Å². The van der Waals surface area contributed by atoms with Gasteiger partial charge in [-0.15, -0.1) is 0 Å². The van der Waals surface area contributed by atoms with Crippen molar-refractivity contribution in [1.29, 1.82) is 0 Å². The second-order valence-corrected chi connectivity index (χ2v) is 13.1. The Hall–Kier alpha value is -6.40. The number of hydrogen-bond acceptors (Lipinski definition) is 10. The van der Waals surface area contributed by atoms with E-state index in [1.54, 1.807) is 26.5 Å². The number of amides is 1. The summed E-state index contributed by atoms with van der Waals surface area (Å²) in [6.07, 6.45) is 4.60. The molecule has 2 aromatic heterocycles. The van der Waals surface area contributed by atoms with Crippen LogP contribution >= 0.6 is 0 Å². The lowest BCUT2D eigenvalue weighted by Gasteiger charge is -2.25. The van der Waals surface area contributed by atoms with E-state index >= 15 is 0 Å². The van der Waals surface area contributed by atoms with Crippen LogP contribution in [0.25, 0.3) is 22.2 Å². The van der Waals surface area contributed by atoms with Crippen molar-refractivity contribution in [1.82, 2.24) is 19.4 Å². The Kier molecular flexibility index (Phi) is 11.7. The maximum atomic E-state index is 12.2. The van der Waals surface area contributed by atoms with E-state index in [1.165, 1.54) is 6.92 Å². The summed E-state index contributed by atoms with van der Waals surface area (Å²) in [5.41, 5.74) is 6.97. The summed E-state index contributed by atoms with van der Waals surface area (Å²) in [4.78, 5) is 38.0. The molecule has 0 saturated carbocycles. The number of fused-ring (bicyclic) bond motifs is 1. The Balaban J connectivity index is 1.31. The number of hydrogen-bond donors (Lipinski definition) is 2. The van der Waals surface area contributed by atoms with E-state index in [0.29, 0.717) is 53.2 Å². The Morgan fingerprint density at radius 2 is 1.70 bits per heavy atom. The van der Waals surface area contributed by atoms with Crippen molar-refractivity contribution in [3.8, 4) is 28.5 Å². The fourth-order valence-electron chi connectivity index (χ4n) is 6.24. The standard InChI is InChI=1S/C42H45N7O5/c1-28(51)44-36-22-37(40(53-6)23-39(36)48(4)21-20-47(2)3)46-42-43-19-18-35(45-42)34-25-49(38-13-8-7-12-33(34)38)24-30-10-9-11-31(26-50)41(30)54-27-29-14-16-32(52-5)17-15-29/h7-19,22-23,25-26H,20-21,24,27H2,1-6H3,(H,44,51)(H,43,45,46). The number of carbonyl (C=O) groups is 2. The molecule has 1 amide bonds. The third-order valence-corrected chi connectivity index (χ3v) is 9.03. The van der Waals surface area contributed by atoms with Gasteiger partial charge >= 0.3 is 0 Å². The molecule has 0 bridgehead atoms. The molecule has 2 heterocycles. The maximum absolute atomic E-state index is 12.2. The molecule has 0 fully saturated rings.